The van der Waals surface area contributed by atoms with E-state index < -0.39 is 10.0 Å². The maximum Gasteiger partial charge on any atom is 0.264 e. The van der Waals surface area contributed by atoms with Crippen LogP contribution in [-0.2, 0) is 14.8 Å². The summed E-state index contributed by atoms with van der Waals surface area (Å²) in [6.45, 7) is 4.20. The van der Waals surface area contributed by atoms with Crippen LogP contribution in [0.15, 0.2) is 59.5 Å². The Labute approximate surface area is 161 Å². The minimum atomic E-state index is -3.78. The van der Waals surface area contributed by atoms with Crippen molar-refractivity contribution in [2.45, 2.75) is 31.2 Å². The SMILES string of the molecule is Cc1ccc(N(CCC(=O)N(C)C(C)CN)S(=O)(=O)c2ccccc2)cc1. The number of amides is 1. The number of hydrogen-bond donors (Lipinski definition) is 1. The molecule has 2 aromatic rings. The summed E-state index contributed by atoms with van der Waals surface area (Å²) in [7, 11) is -2.09. The van der Waals surface area contributed by atoms with Crippen LogP contribution in [0.1, 0.15) is 18.9 Å². The van der Waals surface area contributed by atoms with Crippen molar-refractivity contribution < 1.29 is 13.2 Å². The molecule has 1 unspecified atom stereocenters. The van der Waals surface area contributed by atoms with Gasteiger partial charge in [-0.3, -0.25) is 9.10 Å². The number of carbonyl (C=O) groups is 1. The van der Waals surface area contributed by atoms with Crippen molar-refractivity contribution in [2.24, 2.45) is 5.73 Å². The molecule has 2 rings (SSSR count). The highest BCUT2D eigenvalue weighted by molar-refractivity contribution is 7.92. The van der Waals surface area contributed by atoms with E-state index in [1.54, 1.807) is 54.4 Å². The van der Waals surface area contributed by atoms with Crippen molar-refractivity contribution in [3.05, 3.63) is 60.2 Å². The maximum atomic E-state index is 13.2. The lowest BCUT2D eigenvalue weighted by Crippen LogP contribution is -2.42. The van der Waals surface area contributed by atoms with Crippen LogP contribution in [0.4, 0.5) is 5.69 Å². The Bertz CT molecular complexity index is 852. The van der Waals surface area contributed by atoms with E-state index in [1.165, 1.54) is 4.31 Å². The predicted molar refractivity (Wildman–Crippen MR) is 108 cm³/mol. The summed E-state index contributed by atoms with van der Waals surface area (Å²) in [5.74, 6) is -0.145. The van der Waals surface area contributed by atoms with Gasteiger partial charge in [-0.2, -0.15) is 0 Å². The van der Waals surface area contributed by atoms with Crippen LogP contribution in [0.3, 0.4) is 0 Å². The van der Waals surface area contributed by atoms with Crippen LogP contribution >= 0.6 is 0 Å². The van der Waals surface area contributed by atoms with Crippen molar-refractivity contribution in [2.75, 3.05) is 24.4 Å². The number of benzene rings is 2. The highest BCUT2D eigenvalue weighted by Crippen LogP contribution is 2.24. The van der Waals surface area contributed by atoms with E-state index in [-0.39, 0.29) is 29.8 Å². The van der Waals surface area contributed by atoms with Gasteiger partial charge in [0.15, 0.2) is 0 Å². The van der Waals surface area contributed by atoms with Gasteiger partial charge in [0.05, 0.1) is 10.6 Å². The average molecular weight is 390 g/mol. The second-order valence-corrected chi connectivity index (χ2v) is 8.43. The van der Waals surface area contributed by atoms with E-state index in [2.05, 4.69) is 0 Å². The monoisotopic (exact) mass is 389 g/mol. The lowest BCUT2D eigenvalue weighted by atomic mass is 10.2. The summed E-state index contributed by atoms with van der Waals surface area (Å²) in [6, 6.07) is 15.4. The van der Waals surface area contributed by atoms with E-state index in [4.69, 9.17) is 5.73 Å². The molecule has 0 aliphatic rings. The predicted octanol–water partition coefficient (Wildman–Crippen LogP) is 2.39. The molecule has 0 saturated heterocycles. The van der Waals surface area contributed by atoms with E-state index >= 15 is 0 Å². The molecule has 6 nitrogen and oxygen atoms in total. The fourth-order valence-corrected chi connectivity index (χ4v) is 4.08. The average Bonchev–Trinajstić information content (AvgIpc) is 2.68. The molecule has 2 aromatic carbocycles. The summed E-state index contributed by atoms with van der Waals surface area (Å²) in [6.07, 6.45) is 0.0702. The zero-order chi connectivity index (χ0) is 20.0. The molecular weight excluding hydrogens is 362 g/mol. The van der Waals surface area contributed by atoms with Gasteiger partial charge in [-0.1, -0.05) is 35.9 Å². The van der Waals surface area contributed by atoms with Gasteiger partial charge in [-0.05, 0) is 38.1 Å². The molecular formula is C20H27N3O3S. The second kappa shape index (κ2) is 9.01. The van der Waals surface area contributed by atoms with Crippen molar-refractivity contribution in [1.29, 1.82) is 0 Å². The zero-order valence-corrected chi connectivity index (χ0v) is 16.8. The van der Waals surface area contributed by atoms with Crippen LogP contribution in [0.25, 0.3) is 0 Å². The molecule has 146 valence electrons. The fraction of sp³-hybridized carbons (Fsp3) is 0.350. The first-order valence-corrected chi connectivity index (χ1v) is 10.3. The van der Waals surface area contributed by atoms with Gasteiger partial charge in [-0.25, -0.2) is 8.42 Å². The normalized spacial score (nSPS) is 12.4. The number of nitrogens with two attached hydrogens (primary N) is 1. The number of carbonyl (C=O) groups excluding carboxylic acids is 1. The number of likely N-dealkylation sites (N-methyl/N-ethyl adjacent to an activating group) is 1. The molecule has 0 aliphatic heterocycles. The molecule has 27 heavy (non-hydrogen) atoms. The maximum absolute atomic E-state index is 13.2. The Hall–Kier alpha value is -2.38. The minimum absolute atomic E-state index is 0.0563. The molecule has 0 aromatic heterocycles. The number of sulfonamides is 1. The molecule has 0 fully saturated rings. The Balaban J connectivity index is 2.31. The van der Waals surface area contributed by atoms with Crippen molar-refractivity contribution in [3.63, 3.8) is 0 Å². The number of hydrogen-bond acceptors (Lipinski definition) is 4. The number of rotatable bonds is 8. The number of aryl methyl sites for hydroxylation is 1. The van der Waals surface area contributed by atoms with Gasteiger partial charge in [0.25, 0.3) is 10.0 Å². The Kier molecular flexibility index (Phi) is 6.98. The molecule has 7 heteroatoms. The number of anilines is 1. The molecule has 0 radical (unpaired) electrons. The molecule has 0 bridgehead atoms. The van der Waals surface area contributed by atoms with E-state index in [9.17, 15) is 13.2 Å². The van der Waals surface area contributed by atoms with E-state index in [1.807, 2.05) is 26.0 Å². The number of nitrogens with zero attached hydrogens (tertiary/aromatic N) is 2. The molecule has 1 atom stereocenters. The highest BCUT2D eigenvalue weighted by atomic mass is 32.2. The summed E-state index contributed by atoms with van der Waals surface area (Å²) >= 11 is 0. The fourth-order valence-electron chi connectivity index (χ4n) is 2.60. The van der Waals surface area contributed by atoms with Gasteiger partial charge in [0, 0.05) is 32.6 Å². The molecule has 0 aliphatic carbocycles. The zero-order valence-electron chi connectivity index (χ0n) is 16.0. The topological polar surface area (TPSA) is 83.7 Å². The highest BCUT2D eigenvalue weighted by Gasteiger charge is 2.26. The van der Waals surface area contributed by atoms with Crippen LogP contribution in [0, 0.1) is 6.92 Å². The van der Waals surface area contributed by atoms with Gasteiger partial charge >= 0.3 is 0 Å². The van der Waals surface area contributed by atoms with Gasteiger partial charge in [-0.15, -0.1) is 0 Å². The largest absolute Gasteiger partial charge is 0.342 e. The lowest BCUT2D eigenvalue weighted by Gasteiger charge is -2.27. The first-order valence-electron chi connectivity index (χ1n) is 8.87. The summed E-state index contributed by atoms with van der Waals surface area (Å²) in [5, 5.41) is 0. The second-order valence-electron chi connectivity index (χ2n) is 6.57. The molecule has 2 N–H and O–H groups in total. The minimum Gasteiger partial charge on any atom is -0.342 e. The van der Waals surface area contributed by atoms with E-state index in [0.29, 0.717) is 12.2 Å². The van der Waals surface area contributed by atoms with Crippen LogP contribution in [0.5, 0.6) is 0 Å². The van der Waals surface area contributed by atoms with Crippen molar-refractivity contribution >= 4 is 21.6 Å². The Morgan fingerprint density at radius 2 is 1.67 bits per heavy atom. The summed E-state index contributed by atoms with van der Waals surface area (Å²) in [5.41, 5.74) is 7.18. The third kappa shape index (κ3) is 5.08. The Morgan fingerprint density at radius 3 is 2.22 bits per heavy atom. The summed E-state index contributed by atoms with van der Waals surface area (Å²) < 4.78 is 27.6. The van der Waals surface area contributed by atoms with Crippen molar-refractivity contribution in [1.82, 2.24) is 4.90 Å². The van der Waals surface area contributed by atoms with Crippen LogP contribution in [-0.4, -0.2) is 45.4 Å². The van der Waals surface area contributed by atoms with Gasteiger partial charge in [0.2, 0.25) is 5.91 Å². The molecule has 1 amide bonds. The van der Waals surface area contributed by atoms with Crippen LogP contribution in [0.2, 0.25) is 0 Å². The third-order valence-corrected chi connectivity index (χ3v) is 6.42. The lowest BCUT2D eigenvalue weighted by molar-refractivity contribution is -0.131. The summed E-state index contributed by atoms with van der Waals surface area (Å²) in [4.78, 5) is 14.2. The molecule has 0 saturated carbocycles. The smallest absolute Gasteiger partial charge is 0.264 e. The molecule has 0 spiro atoms. The van der Waals surface area contributed by atoms with E-state index in [0.717, 1.165) is 5.56 Å². The quantitative estimate of drug-likeness (QED) is 0.751. The Morgan fingerprint density at radius 1 is 1.07 bits per heavy atom. The molecule has 0 heterocycles. The first-order chi connectivity index (χ1) is 12.8. The van der Waals surface area contributed by atoms with Gasteiger partial charge in [0.1, 0.15) is 0 Å². The van der Waals surface area contributed by atoms with Gasteiger partial charge < -0.3 is 10.6 Å². The van der Waals surface area contributed by atoms with Crippen LogP contribution < -0.4 is 10.0 Å². The standard InChI is InChI=1S/C20H27N3O3S/c1-16-9-11-18(12-10-16)23(14-13-20(24)22(3)17(2)15-21)27(25,26)19-7-5-4-6-8-19/h4-12,17H,13-15,21H2,1-3H3. The first kappa shape index (κ1) is 20.9. The van der Waals surface area contributed by atoms with Crippen molar-refractivity contribution in [3.8, 4) is 0 Å². The third-order valence-electron chi connectivity index (χ3n) is 4.58.